The predicted molar refractivity (Wildman–Crippen MR) is 86.7 cm³/mol. The smallest absolute Gasteiger partial charge is 0.225 e. The second-order valence-electron chi connectivity index (χ2n) is 7.55. The number of halogens is 1. The topological polar surface area (TPSA) is 64.2 Å². The zero-order valence-corrected chi connectivity index (χ0v) is 14.5. The Kier molecular flexibility index (Phi) is 3.78. The number of carbonyl (C=O) groups is 1. The van der Waals surface area contributed by atoms with Crippen molar-refractivity contribution < 1.29 is 9.18 Å². The van der Waals surface area contributed by atoms with Gasteiger partial charge in [0, 0.05) is 25.2 Å². The van der Waals surface area contributed by atoms with E-state index in [1.54, 1.807) is 4.90 Å². The summed E-state index contributed by atoms with van der Waals surface area (Å²) in [7, 11) is 1.91. The van der Waals surface area contributed by atoms with Crippen molar-refractivity contribution in [3.05, 3.63) is 17.0 Å². The van der Waals surface area contributed by atoms with E-state index >= 15 is 0 Å². The van der Waals surface area contributed by atoms with Crippen LogP contribution in [0.5, 0.6) is 0 Å². The standard InChI is InChI=1S/C17H27FN4O/c1-11(8-14-12(2)20-21(4)13(14)3)15(23)22-9-16(18)6-5-7-17(16,19)10-22/h11H,5-10,19H2,1-4H3/t11?,16-,17+/m1/s1. The van der Waals surface area contributed by atoms with Gasteiger partial charge in [0.2, 0.25) is 5.91 Å². The number of aryl methyl sites for hydroxylation is 2. The minimum atomic E-state index is -1.40. The molecule has 0 spiro atoms. The first-order chi connectivity index (χ1) is 10.7. The second kappa shape index (κ2) is 5.30. The van der Waals surface area contributed by atoms with Crippen LogP contribution in [0.3, 0.4) is 0 Å². The molecule has 1 aliphatic carbocycles. The molecule has 0 bridgehead atoms. The molecule has 23 heavy (non-hydrogen) atoms. The van der Waals surface area contributed by atoms with Gasteiger partial charge in [-0.2, -0.15) is 5.10 Å². The van der Waals surface area contributed by atoms with Gasteiger partial charge in [-0.05, 0) is 45.1 Å². The van der Waals surface area contributed by atoms with E-state index in [0.29, 0.717) is 25.8 Å². The van der Waals surface area contributed by atoms with E-state index < -0.39 is 11.2 Å². The van der Waals surface area contributed by atoms with Crippen LogP contribution in [0.4, 0.5) is 4.39 Å². The molecule has 1 aromatic rings. The summed E-state index contributed by atoms with van der Waals surface area (Å²) in [6.45, 7) is 6.38. The third kappa shape index (κ3) is 2.47. The van der Waals surface area contributed by atoms with E-state index in [2.05, 4.69) is 5.10 Å². The van der Waals surface area contributed by atoms with E-state index in [4.69, 9.17) is 5.73 Å². The van der Waals surface area contributed by atoms with Crippen molar-refractivity contribution in [3.8, 4) is 0 Å². The van der Waals surface area contributed by atoms with Crippen molar-refractivity contribution >= 4 is 5.91 Å². The Hall–Kier alpha value is -1.43. The molecule has 2 aliphatic rings. The van der Waals surface area contributed by atoms with Gasteiger partial charge in [-0.15, -0.1) is 0 Å². The summed E-state index contributed by atoms with van der Waals surface area (Å²) in [5.41, 5.74) is 7.16. The van der Waals surface area contributed by atoms with Gasteiger partial charge in [0.25, 0.3) is 0 Å². The lowest BCUT2D eigenvalue weighted by Gasteiger charge is -2.27. The summed E-state index contributed by atoms with van der Waals surface area (Å²) in [6, 6.07) is 0. The van der Waals surface area contributed by atoms with Crippen molar-refractivity contribution in [2.75, 3.05) is 13.1 Å². The fraction of sp³-hybridized carbons (Fsp3) is 0.765. The van der Waals surface area contributed by atoms with E-state index in [0.717, 1.165) is 23.4 Å². The predicted octanol–water partition coefficient (Wildman–Crippen LogP) is 1.65. The summed E-state index contributed by atoms with van der Waals surface area (Å²) in [5.74, 6) is -0.188. The van der Waals surface area contributed by atoms with Crippen LogP contribution in [-0.2, 0) is 18.3 Å². The van der Waals surface area contributed by atoms with Crippen LogP contribution in [-0.4, -0.2) is 44.9 Å². The van der Waals surface area contributed by atoms with Crippen LogP contribution in [0.1, 0.15) is 43.1 Å². The van der Waals surface area contributed by atoms with Gasteiger partial charge in [0.05, 0.1) is 17.8 Å². The van der Waals surface area contributed by atoms with Crippen LogP contribution >= 0.6 is 0 Å². The largest absolute Gasteiger partial charge is 0.337 e. The summed E-state index contributed by atoms with van der Waals surface area (Å²) < 4.78 is 16.8. The quantitative estimate of drug-likeness (QED) is 0.920. The number of alkyl halides is 1. The van der Waals surface area contributed by atoms with Gasteiger partial charge >= 0.3 is 0 Å². The zero-order chi connectivity index (χ0) is 17.0. The average molecular weight is 322 g/mol. The van der Waals surface area contributed by atoms with Gasteiger partial charge in [0.15, 0.2) is 0 Å². The van der Waals surface area contributed by atoms with Gasteiger partial charge in [0.1, 0.15) is 5.67 Å². The molecule has 0 aromatic carbocycles. The Morgan fingerprint density at radius 2 is 2.09 bits per heavy atom. The van der Waals surface area contributed by atoms with E-state index in [-0.39, 0.29) is 18.4 Å². The minimum Gasteiger partial charge on any atom is -0.337 e. The second-order valence-corrected chi connectivity index (χ2v) is 7.55. The number of rotatable bonds is 3. The maximum atomic E-state index is 15.0. The van der Waals surface area contributed by atoms with Crippen molar-refractivity contribution in [2.24, 2.45) is 18.7 Å². The number of nitrogens with two attached hydrogens (primary N) is 1. The third-order valence-corrected chi connectivity index (χ3v) is 5.91. The molecular weight excluding hydrogens is 295 g/mol. The lowest BCUT2D eigenvalue weighted by molar-refractivity contribution is -0.134. The fourth-order valence-corrected chi connectivity index (χ4v) is 4.29. The molecule has 2 heterocycles. The molecule has 3 atom stereocenters. The number of carbonyl (C=O) groups excluding carboxylic acids is 1. The molecule has 1 aliphatic heterocycles. The molecule has 1 unspecified atom stereocenters. The number of likely N-dealkylation sites (tertiary alicyclic amines) is 1. The highest BCUT2D eigenvalue weighted by Gasteiger charge is 2.60. The average Bonchev–Trinajstić information content (AvgIpc) is 2.98. The van der Waals surface area contributed by atoms with Crippen LogP contribution in [0.2, 0.25) is 0 Å². The summed E-state index contributed by atoms with van der Waals surface area (Å²) in [6.07, 6.45) is 2.60. The molecule has 1 saturated carbocycles. The van der Waals surface area contributed by atoms with Crippen molar-refractivity contribution in [2.45, 2.75) is 57.7 Å². The SMILES string of the molecule is Cc1nn(C)c(C)c1CC(C)C(=O)N1C[C@@]2(N)CCC[C@@]2(F)C1. The van der Waals surface area contributed by atoms with E-state index in [1.165, 1.54) is 0 Å². The molecule has 5 nitrogen and oxygen atoms in total. The molecule has 0 radical (unpaired) electrons. The molecule has 1 saturated heterocycles. The highest BCUT2D eigenvalue weighted by Crippen LogP contribution is 2.46. The Morgan fingerprint density at radius 3 is 2.65 bits per heavy atom. The van der Waals surface area contributed by atoms with Crippen LogP contribution in [0.25, 0.3) is 0 Å². The van der Waals surface area contributed by atoms with Crippen molar-refractivity contribution in [1.29, 1.82) is 0 Å². The van der Waals surface area contributed by atoms with Gasteiger partial charge in [-0.3, -0.25) is 9.48 Å². The molecular formula is C17H27FN4O. The molecule has 1 aromatic heterocycles. The monoisotopic (exact) mass is 322 g/mol. The first-order valence-electron chi connectivity index (χ1n) is 8.42. The van der Waals surface area contributed by atoms with Gasteiger partial charge in [-0.1, -0.05) is 6.92 Å². The first kappa shape index (κ1) is 16.4. The Bertz CT molecular complexity index is 625. The van der Waals surface area contributed by atoms with Crippen LogP contribution < -0.4 is 5.73 Å². The molecule has 1 amide bonds. The fourth-order valence-electron chi connectivity index (χ4n) is 4.29. The number of amides is 1. The van der Waals surface area contributed by atoms with Crippen molar-refractivity contribution in [1.82, 2.24) is 14.7 Å². The maximum absolute atomic E-state index is 15.0. The minimum absolute atomic E-state index is 0.00361. The first-order valence-corrected chi connectivity index (χ1v) is 8.42. The van der Waals surface area contributed by atoms with Crippen LogP contribution in [0, 0.1) is 19.8 Å². The summed E-state index contributed by atoms with van der Waals surface area (Å²) in [5, 5.41) is 4.40. The summed E-state index contributed by atoms with van der Waals surface area (Å²) in [4.78, 5) is 14.4. The zero-order valence-electron chi connectivity index (χ0n) is 14.5. The molecule has 2 fully saturated rings. The van der Waals surface area contributed by atoms with E-state index in [9.17, 15) is 9.18 Å². The number of hydrogen-bond acceptors (Lipinski definition) is 3. The van der Waals surface area contributed by atoms with Gasteiger partial charge < -0.3 is 10.6 Å². The third-order valence-electron chi connectivity index (χ3n) is 5.91. The lowest BCUT2D eigenvalue weighted by atomic mass is 9.89. The van der Waals surface area contributed by atoms with Gasteiger partial charge in [-0.25, -0.2) is 4.39 Å². The Balaban J connectivity index is 1.72. The molecule has 128 valence electrons. The highest BCUT2D eigenvalue weighted by atomic mass is 19.1. The number of fused-ring (bicyclic) bond motifs is 1. The molecule has 3 rings (SSSR count). The summed E-state index contributed by atoms with van der Waals surface area (Å²) >= 11 is 0. The molecule has 2 N–H and O–H groups in total. The Morgan fingerprint density at radius 1 is 1.39 bits per heavy atom. The van der Waals surface area contributed by atoms with Crippen LogP contribution in [0.15, 0.2) is 0 Å². The number of aromatic nitrogens is 2. The number of nitrogens with zero attached hydrogens (tertiary/aromatic N) is 3. The number of hydrogen-bond donors (Lipinski definition) is 1. The normalized spacial score (nSPS) is 31.5. The maximum Gasteiger partial charge on any atom is 0.225 e. The molecule has 6 heteroatoms. The lowest BCUT2D eigenvalue weighted by Crippen LogP contribution is -2.53. The highest BCUT2D eigenvalue weighted by molar-refractivity contribution is 5.79. The Labute approximate surface area is 137 Å². The van der Waals surface area contributed by atoms with Crippen molar-refractivity contribution in [3.63, 3.8) is 0 Å². The van der Waals surface area contributed by atoms with E-state index in [1.807, 2.05) is 32.5 Å².